The highest BCUT2D eigenvalue weighted by molar-refractivity contribution is 6.13. The Balaban J connectivity index is 1.50. The van der Waals surface area contributed by atoms with Gasteiger partial charge in [-0.3, -0.25) is 9.59 Å². The summed E-state index contributed by atoms with van der Waals surface area (Å²) in [5.41, 5.74) is 3.39. The number of nitrogens with zero attached hydrogens (tertiary/aromatic N) is 2. The molecule has 2 amide bonds. The average molecular weight is 393 g/mol. The molecule has 1 aliphatic heterocycles. The summed E-state index contributed by atoms with van der Waals surface area (Å²) < 4.78 is 13.0. The van der Waals surface area contributed by atoms with Gasteiger partial charge in [-0.1, -0.05) is 6.07 Å². The van der Waals surface area contributed by atoms with Gasteiger partial charge in [-0.15, -0.1) is 0 Å². The van der Waals surface area contributed by atoms with Crippen LogP contribution in [0.2, 0.25) is 0 Å². The molecule has 148 valence electrons. The van der Waals surface area contributed by atoms with E-state index in [0.29, 0.717) is 11.4 Å². The Hall–Kier alpha value is -3.68. The molecule has 2 aromatic carbocycles. The monoisotopic (exact) mass is 393 g/mol. The van der Waals surface area contributed by atoms with Gasteiger partial charge >= 0.3 is 0 Å². The molecule has 0 aliphatic carbocycles. The SMILES string of the molecule is CN1CCCc2ccc(NC(=O)c3nc[nH]c3C(=O)Nc3ccc(F)cc3)cc21. The number of aromatic nitrogens is 2. The van der Waals surface area contributed by atoms with Crippen molar-refractivity contribution >= 4 is 28.9 Å². The van der Waals surface area contributed by atoms with Crippen LogP contribution in [0.1, 0.15) is 33.0 Å². The minimum absolute atomic E-state index is 0.0179. The number of nitrogens with one attached hydrogen (secondary N) is 3. The molecule has 2 heterocycles. The Morgan fingerprint density at radius 1 is 1.07 bits per heavy atom. The van der Waals surface area contributed by atoms with E-state index in [-0.39, 0.29) is 11.4 Å². The Kier molecular flexibility index (Phi) is 4.99. The topological polar surface area (TPSA) is 90.1 Å². The highest BCUT2D eigenvalue weighted by Gasteiger charge is 2.21. The van der Waals surface area contributed by atoms with E-state index in [4.69, 9.17) is 0 Å². The van der Waals surface area contributed by atoms with E-state index in [2.05, 4.69) is 25.5 Å². The van der Waals surface area contributed by atoms with Crippen LogP contribution in [0.15, 0.2) is 48.8 Å². The van der Waals surface area contributed by atoms with Crippen LogP contribution < -0.4 is 15.5 Å². The van der Waals surface area contributed by atoms with Crippen LogP contribution in [-0.2, 0) is 6.42 Å². The summed E-state index contributed by atoms with van der Waals surface area (Å²) in [4.78, 5) is 34.1. The van der Waals surface area contributed by atoms with Gasteiger partial charge in [-0.2, -0.15) is 0 Å². The molecular formula is C21H20FN5O2. The maximum Gasteiger partial charge on any atom is 0.276 e. The van der Waals surface area contributed by atoms with Crippen molar-refractivity contribution in [2.75, 3.05) is 29.1 Å². The molecule has 0 saturated heterocycles. The van der Waals surface area contributed by atoms with E-state index < -0.39 is 17.6 Å². The summed E-state index contributed by atoms with van der Waals surface area (Å²) >= 11 is 0. The minimum Gasteiger partial charge on any atom is -0.374 e. The molecule has 0 radical (unpaired) electrons. The molecular weight excluding hydrogens is 373 g/mol. The van der Waals surface area contributed by atoms with Crippen LogP contribution in [0.5, 0.6) is 0 Å². The van der Waals surface area contributed by atoms with Crippen molar-refractivity contribution < 1.29 is 14.0 Å². The molecule has 3 aromatic rings. The van der Waals surface area contributed by atoms with E-state index in [1.807, 2.05) is 25.2 Å². The standard InChI is InChI=1S/C21H20FN5O2/c1-27-10-2-3-13-4-7-16(11-17(13)27)26-21(29)19-18(23-12-24-19)20(28)25-15-8-5-14(22)6-9-15/h4-9,11-12H,2-3,10H2,1H3,(H,23,24)(H,25,28)(H,26,29). The number of aromatic amines is 1. The first-order chi connectivity index (χ1) is 14.0. The van der Waals surface area contributed by atoms with Gasteiger partial charge in [0.2, 0.25) is 0 Å². The number of anilines is 3. The number of aryl methyl sites for hydroxylation is 1. The first kappa shape index (κ1) is 18.7. The number of rotatable bonds is 4. The molecule has 1 aliphatic rings. The van der Waals surface area contributed by atoms with Crippen molar-refractivity contribution in [2.24, 2.45) is 0 Å². The summed E-state index contributed by atoms with van der Waals surface area (Å²) in [5, 5.41) is 5.42. The second-order valence-electron chi connectivity index (χ2n) is 6.91. The van der Waals surface area contributed by atoms with Crippen LogP contribution in [0.25, 0.3) is 0 Å². The van der Waals surface area contributed by atoms with Crippen LogP contribution >= 0.6 is 0 Å². The smallest absolute Gasteiger partial charge is 0.276 e. The van der Waals surface area contributed by atoms with Gasteiger partial charge in [-0.25, -0.2) is 9.37 Å². The molecule has 8 heteroatoms. The van der Waals surface area contributed by atoms with Crippen molar-refractivity contribution in [1.82, 2.24) is 9.97 Å². The Morgan fingerprint density at radius 2 is 1.79 bits per heavy atom. The van der Waals surface area contributed by atoms with E-state index in [9.17, 15) is 14.0 Å². The molecule has 0 spiro atoms. The summed E-state index contributed by atoms with van der Waals surface area (Å²) in [7, 11) is 2.02. The first-order valence-electron chi connectivity index (χ1n) is 9.27. The third kappa shape index (κ3) is 3.96. The zero-order valence-corrected chi connectivity index (χ0v) is 15.8. The zero-order chi connectivity index (χ0) is 20.4. The maximum atomic E-state index is 13.0. The molecule has 7 nitrogen and oxygen atoms in total. The van der Waals surface area contributed by atoms with Crippen LogP contribution in [0.3, 0.4) is 0 Å². The van der Waals surface area contributed by atoms with E-state index in [0.717, 1.165) is 25.1 Å². The predicted molar refractivity (Wildman–Crippen MR) is 109 cm³/mol. The van der Waals surface area contributed by atoms with Gasteiger partial charge in [0, 0.05) is 30.7 Å². The first-order valence-corrected chi connectivity index (χ1v) is 9.27. The molecule has 1 aromatic heterocycles. The van der Waals surface area contributed by atoms with Gasteiger partial charge in [0.25, 0.3) is 11.8 Å². The number of carbonyl (C=O) groups is 2. The highest BCUT2D eigenvalue weighted by Crippen LogP contribution is 2.29. The minimum atomic E-state index is -0.538. The zero-order valence-electron chi connectivity index (χ0n) is 15.8. The second kappa shape index (κ2) is 7.75. The normalized spacial score (nSPS) is 13.0. The number of imidazole rings is 1. The Morgan fingerprint density at radius 3 is 2.59 bits per heavy atom. The van der Waals surface area contributed by atoms with E-state index in [1.165, 1.54) is 36.2 Å². The fourth-order valence-electron chi connectivity index (χ4n) is 3.39. The third-order valence-electron chi connectivity index (χ3n) is 4.88. The van der Waals surface area contributed by atoms with Crippen molar-refractivity contribution in [3.05, 3.63) is 71.6 Å². The summed E-state index contributed by atoms with van der Waals surface area (Å²) in [6.45, 7) is 0.970. The van der Waals surface area contributed by atoms with Gasteiger partial charge in [0.05, 0.1) is 6.33 Å². The molecule has 3 N–H and O–H groups in total. The number of hydrogen-bond donors (Lipinski definition) is 3. The van der Waals surface area contributed by atoms with Crippen LogP contribution in [-0.4, -0.2) is 35.4 Å². The molecule has 0 atom stereocenters. The number of amides is 2. The predicted octanol–water partition coefficient (Wildman–Crippen LogP) is 3.44. The fourth-order valence-corrected chi connectivity index (χ4v) is 3.39. The average Bonchev–Trinajstić information content (AvgIpc) is 3.21. The van der Waals surface area contributed by atoms with Crippen LogP contribution in [0, 0.1) is 5.82 Å². The van der Waals surface area contributed by atoms with Crippen molar-refractivity contribution in [1.29, 1.82) is 0 Å². The molecule has 0 fully saturated rings. The van der Waals surface area contributed by atoms with Gasteiger partial charge < -0.3 is 20.5 Å². The lowest BCUT2D eigenvalue weighted by Gasteiger charge is -2.28. The summed E-state index contributed by atoms with van der Waals surface area (Å²) in [6.07, 6.45) is 3.41. The Labute approximate surface area is 167 Å². The fraction of sp³-hybridized carbons (Fsp3) is 0.190. The van der Waals surface area contributed by atoms with Gasteiger partial charge in [-0.05, 0) is 54.8 Å². The van der Waals surface area contributed by atoms with Gasteiger partial charge in [0.1, 0.15) is 11.5 Å². The second-order valence-corrected chi connectivity index (χ2v) is 6.91. The van der Waals surface area contributed by atoms with Crippen LogP contribution in [0.4, 0.5) is 21.5 Å². The lowest BCUT2D eigenvalue weighted by atomic mass is 10.0. The quantitative estimate of drug-likeness (QED) is 0.633. The summed E-state index contributed by atoms with van der Waals surface area (Å²) in [5.74, 6) is -1.43. The number of H-pyrrole nitrogens is 1. The van der Waals surface area contributed by atoms with E-state index in [1.54, 1.807) is 0 Å². The number of fused-ring (bicyclic) bond motifs is 1. The van der Waals surface area contributed by atoms with Crippen molar-refractivity contribution in [2.45, 2.75) is 12.8 Å². The van der Waals surface area contributed by atoms with E-state index >= 15 is 0 Å². The number of benzene rings is 2. The van der Waals surface area contributed by atoms with Crippen molar-refractivity contribution in [3.8, 4) is 0 Å². The maximum absolute atomic E-state index is 13.0. The number of halogens is 1. The molecule has 4 rings (SSSR count). The third-order valence-corrected chi connectivity index (χ3v) is 4.88. The van der Waals surface area contributed by atoms with Crippen molar-refractivity contribution in [3.63, 3.8) is 0 Å². The lowest BCUT2D eigenvalue weighted by molar-refractivity contribution is 0.0985. The molecule has 29 heavy (non-hydrogen) atoms. The number of carbonyl (C=O) groups excluding carboxylic acids is 2. The highest BCUT2D eigenvalue weighted by atomic mass is 19.1. The Bertz CT molecular complexity index is 1060. The lowest BCUT2D eigenvalue weighted by Crippen LogP contribution is -2.25. The molecule has 0 bridgehead atoms. The number of hydrogen-bond acceptors (Lipinski definition) is 4. The summed E-state index contributed by atoms with van der Waals surface area (Å²) in [6, 6.07) is 11.1. The largest absolute Gasteiger partial charge is 0.374 e. The van der Waals surface area contributed by atoms with Gasteiger partial charge in [0.15, 0.2) is 5.69 Å². The molecule has 0 saturated carbocycles. The molecule has 0 unspecified atom stereocenters.